The van der Waals surface area contributed by atoms with Crippen molar-refractivity contribution < 1.29 is 24.4 Å². The van der Waals surface area contributed by atoms with Gasteiger partial charge in [0, 0.05) is 12.1 Å². The largest absolute Gasteiger partial charge is 0.459 e. The fraction of sp³-hybridized carbons (Fsp3) is 0.444. The van der Waals surface area contributed by atoms with Crippen LogP contribution in [-0.4, -0.2) is 45.0 Å². The van der Waals surface area contributed by atoms with Gasteiger partial charge in [0.2, 0.25) is 5.91 Å². The Hall–Kier alpha value is -2.74. The molecule has 2 aliphatic heterocycles. The first-order chi connectivity index (χ1) is 12.4. The van der Waals surface area contributed by atoms with E-state index in [0.29, 0.717) is 18.4 Å². The molecule has 2 heterocycles. The van der Waals surface area contributed by atoms with Gasteiger partial charge in [-0.1, -0.05) is 12.2 Å². The molecule has 26 heavy (non-hydrogen) atoms. The van der Waals surface area contributed by atoms with E-state index in [4.69, 9.17) is 4.74 Å². The number of amides is 1. The Balaban J connectivity index is 1.64. The van der Waals surface area contributed by atoms with Crippen molar-refractivity contribution in [3.05, 3.63) is 52.1 Å². The van der Waals surface area contributed by atoms with Crippen LogP contribution in [0.3, 0.4) is 0 Å². The summed E-state index contributed by atoms with van der Waals surface area (Å²) in [5.74, 6) is -1.23. The van der Waals surface area contributed by atoms with E-state index >= 15 is 0 Å². The average Bonchev–Trinajstić information content (AvgIpc) is 2.79. The lowest BCUT2D eigenvalue weighted by atomic mass is 9.80. The summed E-state index contributed by atoms with van der Waals surface area (Å²) in [4.78, 5) is 36.5. The molecule has 1 aromatic rings. The number of esters is 1. The van der Waals surface area contributed by atoms with Crippen LogP contribution in [0, 0.1) is 16.0 Å². The molecule has 4 atom stereocenters. The zero-order valence-corrected chi connectivity index (χ0v) is 14.3. The summed E-state index contributed by atoms with van der Waals surface area (Å²) in [6.45, 7) is 1.56. The highest BCUT2D eigenvalue weighted by Crippen LogP contribution is 2.37. The summed E-state index contributed by atoms with van der Waals surface area (Å²) in [7, 11) is 0. The Morgan fingerprint density at radius 1 is 1.35 bits per heavy atom. The molecule has 2 aliphatic rings. The van der Waals surface area contributed by atoms with Gasteiger partial charge in [0.1, 0.15) is 12.6 Å². The van der Waals surface area contributed by atoms with Crippen LogP contribution in [0.15, 0.2) is 36.4 Å². The van der Waals surface area contributed by atoms with Crippen molar-refractivity contribution in [2.45, 2.75) is 44.6 Å². The molecule has 0 aromatic heterocycles. The second-order valence-corrected chi connectivity index (χ2v) is 6.57. The third kappa shape index (κ3) is 3.32. The fourth-order valence-electron chi connectivity index (χ4n) is 3.51. The van der Waals surface area contributed by atoms with Gasteiger partial charge in [-0.2, -0.15) is 0 Å². The molecule has 1 aromatic carbocycles. The number of fused-ring (bicyclic) bond motifs is 1. The highest BCUT2D eigenvalue weighted by atomic mass is 16.6. The number of ether oxygens (including phenoxy) is 1. The van der Waals surface area contributed by atoms with Gasteiger partial charge in [-0.3, -0.25) is 14.9 Å². The van der Waals surface area contributed by atoms with Gasteiger partial charge in [0.15, 0.2) is 0 Å². The highest BCUT2D eigenvalue weighted by Gasteiger charge is 2.53. The Morgan fingerprint density at radius 3 is 2.62 bits per heavy atom. The highest BCUT2D eigenvalue weighted by molar-refractivity contribution is 5.92. The SMILES string of the molecule is C[C@@H](O)[C@H]1C(=O)N2[C@@H]1CC=CC[C@H]2C(=O)OCc1ccc([N+](=O)[O-])cc1. The van der Waals surface area contributed by atoms with E-state index in [1.54, 1.807) is 6.92 Å². The average molecular weight is 360 g/mol. The molecular weight excluding hydrogens is 340 g/mol. The van der Waals surface area contributed by atoms with E-state index in [1.807, 2.05) is 12.2 Å². The summed E-state index contributed by atoms with van der Waals surface area (Å²) >= 11 is 0. The molecule has 138 valence electrons. The van der Waals surface area contributed by atoms with Gasteiger partial charge >= 0.3 is 5.97 Å². The fourth-order valence-corrected chi connectivity index (χ4v) is 3.51. The predicted octanol–water partition coefficient (Wildman–Crippen LogP) is 1.56. The minimum atomic E-state index is -0.757. The van der Waals surface area contributed by atoms with Crippen LogP contribution in [0.4, 0.5) is 5.69 Å². The summed E-state index contributed by atoms with van der Waals surface area (Å²) < 4.78 is 5.32. The Bertz CT molecular complexity index is 743. The lowest BCUT2D eigenvalue weighted by Gasteiger charge is -2.50. The molecule has 0 bridgehead atoms. The van der Waals surface area contributed by atoms with Crippen molar-refractivity contribution in [3.63, 3.8) is 0 Å². The van der Waals surface area contributed by atoms with E-state index in [-0.39, 0.29) is 24.2 Å². The maximum absolute atomic E-state index is 12.5. The van der Waals surface area contributed by atoms with Crippen LogP contribution in [-0.2, 0) is 20.9 Å². The van der Waals surface area contributed by atoms with Crippen molar-refractivity contribution in [3.8, 4) is 0 Å². The first-order valence-corrected chi connectivity index (χ1v) is 8.45. The number of rotatable bonds is 5. The van der Waals surface area contributed by atoms with Crippen LogP contribution < -0.4 is 0 Å². The van der Waals surface area contributed by atoms with E-state index in [1.165, 1.54) is 29.2 Å². The number of hydrogen-bond donors (Lipinski definition) is 1. The number of nitro benzene ring substituents is 1. The topological polar surface area (TPSA) is 110 Å². The van der Waals surface area contributed by atoms with Gasteiger partial charge in [0.25, 0.3) is 5.69 Å². The van der Waals surface area contributed by atoms with Crippen LogP contribution in [0.2, 0.25) is 0 Å². The molecule has 0 spiro atoms. The molecule has 0 aliphatic carbocycles. The van der Waals surface area contributed by atoms with E-state index in [0.717, 1.165) is 0 Å². The van der Waals surface area contributed by atoms with E-state index < -0.39 is 29.0 Å². The number of nitrogens with zero attached hydrogens (tertiary/aromatic N) is 2. The van der Waals surface area contributed by atoms with Crippen molar-refractivity contribution in [1.29, 1.82) is 0 Å². The molecular formula is C18H20N2O6. The number of carbonyl (C=O) groups excluding carboxylic acids is 2. The van der Waals surface area contributed by atoms with Crippen molar-refractivity contribution in [2.75, 3.05) is 0 Å². The minimum absolute atomic E-state index is 0.0242. The summed E-state index contributed by atoms with van der Waals surface area (Å²) in [5.41, 5.74) is 0.591. The summed E-state index contributed by atoms with van der Waals surface area (Å²) in [5, 5.41) is 20.4. The van der Waals surface area contributed by atoms with Crippen molar-refractivity contribution >= 4 is 17.6 Å². The molecule has 0 unspecified atom stereocenters. The van der Waals surface area contributed by atoms with Gasteiger partial charge in [-0.25, -0.2) is 4.79 Å². The molecule has 1 fully saturated rings. The summed E-state index contributed by atoms with van der Waals surface area (Å²) in [6.07, 6.45) is 3.99. The normalized spacial score (nSPS) is 25.7. The van der Waals surface area contributed by atoms with Crippen LogP contribution in [0.25, 0.3) is 0 Å². The number of hydrogen-bond acceptors (Lipinski definition) is 6. The quantitative estimate of drug-likeness (QED) is 0.281. The number of aliphatic hydroxyl groups is 1. The van der Waals surface area contributed by atoms with Gasteiger partial charge in [0.05, 0.1) is 23.0 Å². The molecule has 1 amide bonds. The second kappa shape index (κ2) is 7.25. The predicted molar refractivity (Wildman–Crippen MR) is 90.9 cm³/mol. The first-order valence-electron chi connectivity index (χ1n) is 8.45. The smallest absolute Gasteiger partial charge is 0.329 e. The number of nitro groups is 1. The first kappa shape index (κ1) is 18.1. The van der Waals surface area contributed by atoms with Crippen LogP contribution >= 0.6 is 0 Å². The molecule has 0 saturated carbocycles. The molecule has 8 nitrogen and oxygen atoms in total. The van der Waals surface area contributed by atoms with Crippen LogP contribution in [0.5, 0.6) is 0 Å². The minimum Gasteiger partial charge on any atom is -0.459 e. The third-order valence-electron chi connectivity index (χ3n) is 4.87. The van der Waals surface area contributed by atoms with E-state index in [2.05, 4.69) is 0 Å². The molecule has 1 saturated heterocycles. The number of benzene rings is 1. The van der Waals surface area contributed by atoms with E-state index in [9.17, 15) is 24.8 Å². The maximum atomic E-state index is 12.5. The lowest BCUT2D eigenvalue weighted by Crippen LogP contribution is -2.68. The number of aliphatic hydroxyl groups excluding tert-OH is 1. The van der Waals surface area contributed by atoms with Gasteiger partial charge in [-0.15, -0.1) is 0 Å². The maximum Gasteiger partial charge on any atom is 0.329 e. The number of non-ortho nitro benzene ring substituents is 1. The molecule has 0 radical (unpaired) electrons. The van der Waals surface area contributed by atoms with Gasteiger partial charge in [-0.05, 0) is 37.5 Å². The van der Waals surface area contributed by atoms with Crippen molar-refractivity contribution in [2.24, 2.45) is 5.92 Å². The summed E-state index contributed by atoms with van der Waals surface area (Å²) in [6, 6.07) is 4.84. The molecule has 8 heteroatoms. The number of β-lactam (4-membered cyclic amide) rings is 1. The molecule has 3 rings (SSSR count). The molecule has 1 N–H and O–H groups in total. The third-order valence-corrected chi connectivity index (χ3v) is 4.87. The van der Waals surface area contributed by atoms with Gasteiger partial charge < -0.3 is 14.7 Å². The van der Waals surface area contributed by atoms with Crippen molar-refractivity contribution in [1.82, 2.24) is 4.90 Å². The Labute approximate surface area is 150 Å². The zero-order chi connectivity index (χ0) is 18.8. The monoisotopic (exact) mass is 360 g/mol. The lowest BCUT2D eigenvalue weighted by molar-refractivity contribution is -0.384. The Kier molecular flexibility index (Phi) is 5.03. The Morgan fingerprint density at radius 2 is 2.00 bits per heavy atom. The standard InChI is InChI=1S/C18H20N2O6/c1-11(21)16-14-4-2-3-5-15(19(14)17(16)22)18(23)26-10-12-6-8-13(9-7-12)20(24)25/h2-3,6-9,11,14-16,21H,4-5,10H2,1H3/t11-,14-,15+,16-/m1/s1. The zero-order valence-electron chi connectivity index (χ0n) is 14.3. The van der Waals surface area contributed by atoms with Crippen LogP contribution in [0.1, 0.15) is 25.3 Å². The number of carbonyl (C=O) groups is 2. The second-order valence-electron chi connectivity index (χ2n) is 6.57.